The molecule has 1 N–H and O–H groups in total. The van der Waals surface area contributed by atoms with Crippen molar-refractivity contribution < 1.29 is 9.90 Å². The number of hydrogen-bond acceptors (Lipinski definition) is 1. The summed E-state index contributed by atoms with van der Waals surface area (Å²) in [6.45, 7) is 0. The van der Waals surface area contributed by atoms with Crippen molar-refractivity contribution in [3.8, 4) is 0 Å². The molecule has 2 saturated carbocycles. The molecule has 2 heteroatoms. The molecule has 0 radical (unpaired) electrons. The minimum Gasteiger partial charge on any atom is -0.481 e. The van der Waals surface area contributed by atoms with Crippen LogP contribution in [0.15, 0.2) is 47.1 Å². The number of allylic oxidation sites excluding steroid dienone is 8. The molecule has 22 heavy (non-hydrogen) atoms. The number of rotatable bonds is 4. The zero-order chi connectivity index (χ0) is 15.1. The summed E-state index contributed by atoms with van der Waals surface area (Å²) in [7, 11) is 0. The van der Waals surface area contributed by atoms with Crippen molar-refractivity contribution >= 4 is 5.97 Å². The lowest BCUT2D eigenvalue weighted by Gasteiger charge is -2.38. The highest BCUT2D eigenvalue weighted by molar-refractivity contribution is 5.73. The van der Waals surface area contributed by atoms with Crippen LogP contribution in [0.4, 0.5) is 0 Å². The van der Waals surface area contributed by atoms with Gasteiger partial charge in [-0.25, -0.2) is 0 Å². The summed E-state index contributed by atoms with van der Waals surface area (Å²) in [5.74, 6) is 1.31. The molecule has 2 nitrogen and oxygen atoms in total. The number of carbonyl (C=O) groups is 1. The summed E-state index contributed by atoms with van der Waals surface area (Å²) < 4.78 is 0. The van der Waals surface area contributed by atoms with E-state index in [1.54, 1.807) is 5.57 Å². The van der Waals surface area contributed by atoms with Crippen LogP contribution in [0.3, 0.4) is 0 Å². The zero-order valence-electron chi connectivity index (χ0n) is 13.0. The highest BCUT2D eigenvalue weighted by atomic mass is 16.4. The first-order valence-electron chi connectivity index (χ1n) is 8.71. The molecule has 0 aromatic heterocycles. The monoisotopic (exact) mass is 296 g/mol. The minimum absolute atomic E-state index is 0.0240. The first kappa shape index (κ1) is 14.0. The van der Waals surface area contributed by atoms with Gasteiger partial charge in [0.05, 0.1) is 5.92 Å². The smallest absolute Gasteiger partial charge is 0.306 e. The lowest BCUT2D eigenvalue weighted by Crippen LogP contribution is -2.28. The fraction of sp³-hybridized carbons (Fsp3) is 0.550. The zero-order valence-corrected chi connectivity index (χ0v) is 13.0. The van der Waals surface area contributed by atoms with Crippen molar-refractivity contribution in [3.05, 3.63) is 47.1 Å². The number of carboxylic acid groups (broad SMARTS) is 1. The number of aliphatic carboxylic acids is 1. The topological polar surface area (TPSA) is 37.3 Å². The Morgan fingerprint density at radius 2 is 1.82 bits per heavy atom. The molecule has 4 aliphatic carbocycles. The van der Waals surface area contributed by atoms with E-state index in [4.69, 9.17) is 5.11 Å². The van der Waals surface area contributed by atoms with Gasteiger partial charge in [-0.2, -0.15) is 0 Å². The number of hydrogen-bond donors (Lipinski definition) is 1. The van der Waals surface area contributed by atoms with Crippen molar-refractivity contribution in [2.45, 2.75) is 44.9 Å². The summed E-state index contributed by atoms with van der Waals surface area (Å²) >= 11 is 0. The molecule has 0 aromatic carbocycles. The Balaban J connectivity index is 1.33. The van der Waals surface area contributed by atoms with Crippen molar-refractivity contribution in [2.75, 3.05) is 0 Å². The molecule has 4 rings (SSSR count). The number of carboxylic acids is 1. The van der Waals surface area contributed by atoms with E-state index in [2.05, 4.69) is 30.4 Å². The van der Waals surface area contributed by atoms with Gasteiger partial charge in [0, 0.05) is 0 Å². The molecule has 0 heterocycles. The van der Waals surface area contributed by atoms with Gasteiger partial charge >= 0.3 is 5.97 Å². The SMILES string of the molecule is O=C(O)C1CC1C1CC(C2=CC=C(C3=CC=CCC3)CC2)C1. The predicted octanol–water partition coefficient (Wildman–Crippen LogP) is 4.66. The van der Waals surface area contributed by atoms with Crippen LogP contribution >= 0.6 is 0 Å². The molecule has 0 aromatic rings. The van der Waals surface area contributed by atoms with E-state index >= 15 is 0 Å². The maximum atomic E-state index is 11.0. The second kappa shape index (κ2) is 5.57. The van der Waals surface area contributed by atoms with Gasteiger partial charge in [0.15, 0.2) is 0 Å². The van der Waals surface area contributed by atoms with E-state index in [-0.39, 0.29) is 5.92 Å². The minimum atomic E-state index is -0.576. The molecule has 0 bridgehead atoms. The highest BCUT2D eigenvalue weighted by Gasteiger charge is 2.51. The standard InChI is InChI=1S/C20H24O2/c21-20(22)19-12-18(19)17-10-16(11-17)15-8-6-14(7-9-15)13-4-2-1-3-5-13/h1-2,4,6,8,16-19H,3,5,7,9-12H2,(H,21,22). The molecule has 4 aliphatic rings. The van der Waals surface area contributed by atoms with Crippen molar-refractivity contribution in [3.63, 3.8) is 0 Å². The third kappa shape index (κ3) is 2.60. The van der Waals surface area contributed by atoms with Gasteiger partial charge in [-0.15, -0.1) is 0 Å². The van der Waals surface area contributed by atoms with Crippen molar-refractivity contribution in [2.24, 2.45) is 23.7 Å². The van der Waals surface area contributed by atoms with Gasteiger partial charge in [-0.05, 0) is 73.8 Å². The average molecular weight is 296 g/mol. The third-order valence-corrected chi connectivity index (χ3v) is 6.07. The fourth-order valence-electron chi connectivity index (χ4n) is 4.47. The summed E-state index contributed by atoms with van der Waals surface area (Å²) in [6.07, 6.45) is 19.5. The second-order valence-electron chi connectivity index (χ2n) is 7.36. The molecule has 0 aliphatic heterocycles. The van der Waals surface area contributed by atoms with Crippen molar-refractivity contribution in [1.82, 2.24) is 0 Å². The van der Waals surface area contributed by atoms with Gasteiger partial charge < -0.3 is 5.11 Å². The maximum absolute atomic E-state index is 11.0. The maximum Gasteiger partial charge on any atom is 0.306 e. The van der Waals surface area contributed by atoms with Crippen LogP contribution in [0, 0.1) is 23.7 Å². The van der Waals surface area contributed by atoms with E-state index in [0.29, 0.717) is 11.8 Å². The van der Waals surface area contributed by atoms with Crippen LogP contribution in [0.5, 0.6) is 0 Å². The predicted molar refractivity (Wildman–Crippen MR) is 87.3 cm³/mol. The van der Waals surface area contributed by atoms with E-state index in [1.807, 2.05) is 0 Å². The Morgan fingerprint density at radius 1 is 1.00 bits per heavy atom. The van der Waals surface area contributed by atoms with E-state index in [1.165, 1.54) is 49.7 Å². The summed E-state index contributed by atoms with van der Waals surface area (Å²) in [5.41, 5.74) is 4.66. The Labute approximate surface area is 132 Å². The van der Waals surface area contributed by atoms with E-state index < -0.39 is 5.97 Å². The Hall–Kier alpha value is -1.57. The molecule has 0 spiro atoms. The lowest BCUT2D eigenvalue weighted by molar-refractivity contribution is -0.139. The summed E-state index contributed by atoms with van der Waals surface area (Å²) in [4.78, 5) is 11.0. The van der Waals surface area contributed by atoms with Crippen LogP contribution in [0.2, 0.25) is 0 Å². The summed E-state index contributed by atoms with van der Waals surface area (Å²) in [6, 6.07) is 0. The second-order valence-corrected chi connectivity index (χ2v) is 7.36. The highest BCUT2D eigenvalue weighted by Crippen LogP contribution is 2.55. The first-order chi connectivity index (χ1) is 10.7. The molecule has 0 saturated heterocycles. The normalized spacial score (nSPS) is 36.8. The van der Waals surface area contributed by atoms with Crippen LogP contribution in [-0.4, -0.2) is 11.1 Å². The van der Waals surface area contributed by atoms with Gasteiger partial charge in [-0.3, -0.25) is 4.79 Å². The molecule has 2 atom stereocenters. The Bertz CT molecular complexity index is 599. The average Bonchev–Trinajstić information content (AvgIpc) is 3.28. The Morgan fingerprint density at radius 3 is 2.41 bits per heavy atom. The summed E-state index contributed by atoms with van der Waals surface area (Å²) in [5, 5.41) is 9.03. The quantitative estimate of drug-likeness (QED) is 0.819. The van der Waals surface area contributed by atoms with Gasteiger partial charge in [-0.1, -0.05) is 36.0 Å². The van der Waals surface area contributed by atoms with Gasteiger partial charge in [0.2, 0.25) is 0 Å². The molecular formula is C20H24O2. The van der Waals surface area contributed by atoms with Crippen LogP contribution in [0.25, 0.3) is 0 Å². The molecule has 0 amide bonds. The first-order valence-corrected chi connectivity index (χ1v) is 8.71. The van der Waals surface area contributed by atoms with Gasteiger partial charge in [0.1, 0.15) is 0 Å². The fourth-order valence-corrected chi connectivity index (χ4v) is 4.47. The van der Waals surface area contributed by atoms with Crippen LogP contribution < -0.4 is 0 Å². The van der Waals surface area contributed by atoms with Crippen molar-refractivity contribution in [1.29, 1.82) is 0 Å². The van der Waals surface area contributed by atoms with Gasteiger partial charge in [0.25, 0.3) is 0 Å². The molecule has 116 valence electrons. The molecule has 2 fully saturated rings. The molecular weight excluding hydrogens is 272 g/mol. The Kier molecular flexibility index (Phi) is 3.56. The van der Waals surface area contributed by atoms with E-state index in [9.17, 15) is 4.79 Å². The van der Waals surface area contributed by atoms with E-state index in [0.717, 1.165) is 12.3 Å². The van der Waals surface area contributed by atoms with Crippen LogP contribution in [0.1, 0.15) is 44.9 Å². The lowest BCUT2D eigenvalue weighted by atomic mass is 9.67. The largest absolute Gasteiger partial charge is 0.481 e. The molecule has 2 unspecified atom stereocenters. The van der Waals surface area contributed by atoms with Crippen LogP contribution in [-0.2, 0) is 4.79 Å². The third-order valence-electron chi connectivity index (χ3n) is 6.07.